The molecule has 0 amide bonds. The van der Waals surface area contributed by atoms with Crippen LogP contribution in [0.1, 0.15) is 26.3 Å². The van der Waals surface area contributed by atoms with Gasteiger partial charge in [-0.1, -0.05) is 50.6 Å². The molecule has 2 aromatic rings. The molecule has 0 aliphatic rings. The first-order chi connectivity index (χ1) is 8.88. The van der Waals surface area contributed by atoms with Crippen LogP contribution in [-0.2, 0) is 5.41 Å². The monoisotopic (exact) mass is 275 g/mol. The summed E-state index contributed by atoms with van der Waals surface area (Å²) in [6.45, 7) is 6.49. The molecule has 0 spiro atoms. The fraction of sp³-hybridized carbons (Fsp3) is 0.250. The van der Waals surface area contributed by atoms with E-state index in [2.05, 4.69) is 26.8 Å². The fourth-order valence-corrected chi connectivity index (χ4v) is 2.00. The van der Waals surface area contributed by atoms with Crippen LogP contribution in [0.2, 0.25) is 5.02 Å². The molecule has 3 heteroatoms. The second kappa shape index (κ2) is 5.14. The highest BCUT2D eigenvalue weighted by Gasteiger charge is 2.15. The fourth-order valence-electron chi connectivity index (χ4n) is 1.78. The summed E-state index contributed by atoms with van der Waals surface area (Å²) >= 11 is 6.10. The third-order valence-electron chi connectivity index (χ3n) is 2.92. The van der Waals surface area contributed by atoms with E-state index in [1.165, 1.54) is 5.56 Å². The number of halogens is 1. The van der Waals surface area contributed by atoms with Gasteiger partial charge in [0, 0.05) is 0 Å². The maximum Gasteiger partial charge on any atom is 0.168 e. The van der Waals surface area contributed by atoms with Gasteiger partial charge >= 0.3 is 0 Å². The van der Waals surface area contributed by atoms with Gasteiger partial charge in [-0.3, -0.25) is 0 Å². The van der Waals surface area contributed by atoms with Crippen LogP contribution in [0.5, 0.6) is 11.5 Å². The molecule has 19 heavy (non-hydrogen) atoms. The predicted octanol–water partition coefficient (Wildman–Crippen LogP) is 5.01. The molecule has 0 atom stereocenters. The summed E-state index contributed by atoms with van der Waals surface area (Å²) in [5.41, 5.74) is 7.70. The summed E-state index contributed by atoms with van der Waals surface area (Å²) in [5, 5.41) is 0.515. The molecule has 2 nitrogen and oxygen atoms in total. The summed E-state index contributed by atoms with van der Waals surface area (Å²) < 4.78 is 5.82. The van der Waals surface area contributed by atoms with Gasteiger partial charge in [-0.05, 0) is 35.2 Å². The van der Waals surface area contributed by atoms with Gasteiger partial charge in [0.2, 0.25) is 0 Å². The Labute approximate surface area is 119 Å². The predicted molar refractivity (Wildman–Crippen MR) is 81.1 cm³/mol. The quantitative estimate of drug-likeness (QED) is 0.782. The summed E-state index contributed by atoms with van der Waals surface area (Å²) in [6.07, 6.45) is 0. The zero-order chi connectivity index (χ0) is 14.0. The van der Waals surface area contributed by atoms with Crippen LogP contribution in [0.25, 0.3) is 0 Å². The number of hydrogen-bond donors (Lipinski definition) is 1. The highest BCUT2D eigenvalue weighted by molar-refractivity contribution is 6.32. The maximum atomic E-state index is 6.10. The molecule has 0 aromatic heterocycles. The van der Waals surface area contributed by atoms with Crippen molar-refractivity contribution in [1.29, 1.82) is 0 Å². The van der Waals surface area contributed by atoms with Gasteiger partial charge in [-0.15, -0.1) is 0 Å². The summed E-state index contributed by atoms with van der Waals surface area (Å²) in [7, 11) is 0. The number of nitrogens with two attached hydrogens (primary N) is 1. The molecular weight excluding hydrogens is 258 g/mol. The van der Waals surface area contributed by atoms with E-state index in [4.69, 9.17) is 22.1 Å². The lowest BCUT2D eigenvalue weighted by molar-refractivity contribution is 0.481. The second-order valence-corrected chi connectivity index (χ2v) is 5.95. The molecule has 0 bridgehead atoms. The van der Waals surface area contributed by atoms with Crippen molar-refractivity contribution < 1.29 is 4.74 Å². The highest BCUT2D eigenvalue weighted by Crippen LogP contribution is 2.35. The molecule has 0 aliphatic heterocycles. The van der Waals surface area contributed by atoms with Crippen LogP contribution >= 0.6 is 11.6 Å². The van der Waals surface area contributed by atoms with Crippen LogP contribution < -0.4 is 10.5 Å². The lowest BCUT2D eigenvalue weighted by Crippen LogP contribution is -2.10. The molecule has 0 aliphatic carbocycles. The van der Waals surface area contributed by atoms with E-state index < -0.39 is 0 Å². The zero-order valence-corrected chi connectivity index (χ0v) is 12.2. The minimum Gasteiger partial charge on any atom is -0.454 e. The van der Waals surface area contributed by atoms with Crippen molar-refractivity contribution in [2.45, 2.75) is 26.2 Å². The third kappa shape index (κ3) is 3.21. The van der Waals surface area contributed by atoms with Gasteiger partial charge in [0.25, 0.3) is 0 Å². The number of rotatable bonds is 2. The number of nitrogen functional groups attached to an aromatic ring is 1. The Morgan fingerprint density at radius 2 is 1.74 bits per heavy atom. The molecule has 0 saturated carbocycles. The molecule has 100 valence electrons. The van der Waals surface area contributed by atoms with Crippen molar-refractivity contribution in [2.75, 3.05) is 5.73 Å². The van der Waals surface area contributed by atoms with Crippen LogP contribution in [0.3, 0.4) is 0 Å². The number of hydrogen-bond acceptors (Lipinski definition) is 2. The van der Waals surface area contributed by atoms with Gasteiger partial charge in [0.1, 0.15) is 5.75 Å². The van der Waals surface area contributed by atoms with Crippen LogP contribution in [0.4, 0.5) is 5.69 Å². The topological polar surface area (TPSA) is 35.2 Å². The zero-order valence-electron chi connectivity index (χ0n) is 11.4. The van der Waals surface area contributed by atoms with Crippen molar-refractivity contribution in [1.82, 2.24) is 0 Å². The molecule has 0 saturated heterocycles. The Hall–Kier alpha value is -1.67. The van der Waals surface area contributed by atoms with Crippen molar-refractivity contribution >= 4 is 17.3 Å². The van der Waals surface area contributed by atoms with Crippen LogP contribution in [-0.4, -0.2) is 0 Å². The third-order valence-corrected chi connectivity index (χ3v) is 3.22. The van der Waals surface area contributed by atoms with E-state index in [1.54, 1.807) is 18.2 Å². The van der Waals surface area contributed by atoms with Gasteiger partial charge in [-0.2, -0.15) is 0 Å². The molecule has 0 fully saturated rings. The maximum absolute atomic E-state index is 6.10. The largest absolute Gasteiger partial charge is 0.454 e. The standard InChI is InChI=1S/C16H18ClNO/c1-16(2,3)11-6-4-7-12(10-11)19-15-13(17)8-5-9-14(15)18/h4-10H,18H2,1-3H3. The molecule has 2 aromatic carbocycles. The number of anilines is 1. The van der Waals surface area contributed by atoms with Crippen LogP contribution in [0.15, 0.2) is 42.5 Å². The normalized spacial score (nSPS) is 11.4. The number of para-hydroxylation sites is 1. The van der Waals surface area contributed by atoms with E-state index in [1.807, 2.05) is 18.2 Å². The molecule has 0 unspecified atom stereocenters. The van der Waals surface area contributed by atoms with E-state index in [0.29, 0.717) is 16.5 Å². The Balaban J connectivity index is 2.34. The van der Waals surface area contributed by atoms with E-state index in [0.717, 1.165) is 5.75 Å². The molecule has 2 rings (SSSR count). The van der Waals surface area contributed by atoms with Gasteiger partial charge < -0.3 is 10.5 Å². The van der Waals surface area contributed by atoms with E-state index >= 15 is 0 Å². The van der Waals surface area contributed by atoms with Gasteiger partial charge in [0.05, 0.1) is 10.7 Å². The Bertz CT molecular complexity index is 567. The average Bonchev–Trinajstić information content (AvgIpc) is 2.33. The Morgan fingerprint density at radius 1 is 1.05 bits per heavy atom. The van der Waals surface area contributed by atoms with Crippen molar-refractivity contribution in [3.05, 3.63) is 53.1 Å². The Kier molecular flexibility index (Phi) is 3.72. The van der Waals surface area contributed by atoms with E-state index in [-0.39, 0.29) is 5.41 Å². The second-order valence-electron chi connectivity index (χ2n) is 5.54. The number of ether oxygens (including phenoxy) is 1. The van der Waals surface area contributed by atoms with E-state index in [9.17, 15) is 0 Å². The molecule has 2 N–H and O–H groups in total. The SMILES string of the molecule is CC(C)(C)c1cccc(Oc2c(N)cccc2Cl)c1. The lowest BCUT2D eigenvalue weighted by Gasteiger charge is -2.20. The Morgan fingerprint density at radius 3 is 2.37 bits per heavy atom. The molecular formula is C16H18ClNO. The summed E-state index contributed by atoms with van der Waals surface area (Å²) in [5.74, 6) is 1.25. The summed E-state index contributed by atoms with van der Waals surface area (Å²) in [6, 6.07) is 13.3. The van der Waals surface area contributed by atoms with Gasteiger partial charge in [-0.25, -0.2) is 0 Å². The first-order valence-corrected chi connectivity index (χ1v) is 6.58. The van der Waals surface area contributed by atoms with Crippen molar-refractivity contribution in [2.24, 2.45) is 0 Å². The highest BCUT2D eigenvalue weighted by atomic mass is 35.5. The van der Waals surface area contributed by atoms with Crippen molar-refractivity contribution in [3.8, 4) is 11.5 Å². The van der Waals surface area contributed by atoms with Crippen molar-refractivity contribution in [3.63, 3.8) is 0 Å². The lowest BCUT2D eigenvalue weighted by atomic mass is 9.87. The summed E-state index contributed by atoms with van der Waals surface area (Å²) in [4.78, 5) is 0. The average molecular weight is 276 g/mol. The molecule has 0 radical (unpaired) electrons. The minimum atomic E-state index is 0.0748. The first kappa shape index (κ1) is 13.8. The smallest absolute Gasteiger partial charge is 0.168 e. The number of benzene rings is 2. The van der Waals surface area contributed by atoms with Gasteiger partial charge in [0.15, 0.2) is 5.75 Å². The van der Waals surface area contributed by atoms with Crippen LogP contribution in [0, 0.1) is 0 Å². The minimum absolute atomic E-state index is 0.0748. The molecule has 0 heterocycles. The first-order valence-electron chi connectivity index (χ1n) is 6.20.